The smallest absolute Gasteiger partial charge is 0.0642 e. The van der Waals surface area contributed by atoms with Crippen molar-refractivity contribution >= 4 is 27.1 Å². The first kappa shape index (κ1) is 17.2. The highest BCUT2D eigenvalue weighted by atomic mass is 32.1. The number of benzene rings is 2. The van der Waals surface area contributed by atoms with Crippen LogP contribution in [0.2, 0.25) is 0 Å². The van der Waals surface area contributed by atoms with Crippen molar-refractivity contribution in [1.82, 2.24) is 4.90 Å². The topological polar surface area (TPSA) is 15.7 Å². The molecule has 0 bridgehead atoms. The van der Waals surface area contributed by atoms with E-state index in [9.17, 15) is 0 Å². The van der Waals surface area contributed by atoms with Gasteiger partial charge in [-0.25, -0.2) is 0 Å². The summed E-state index contributed by atoms with van der Waals surface area (Å²) in [5, 5.41) is 1.37. The normalized spacial score (nSPS) is 20.8. The number of ether oxygens (including phenoxy) is 1. The van der Waals surface area contributed by atoms with Crippen LogP contribution in [-0.4, -0.2) is 44.3 Å². The maximum absolute atomic E-state index is 5.52. The van der Waals surface area contributed by atoms with Gasteiger partial charge in [0.15, 0.2) is 0 Å². The van der Waals surface area contributed by atoms with E-state index in [1.54, 1.807) is 0 Å². The largest absolute Gasteiger partial charge is 0.378 e. The molecule has 1 unspecified atom stereocenters. The number of hydrogen-bond acceptors (Lipinski definition) is 4. The molecule has 3 nitrogen and oxygen atoms in total. The quantitative estimate of drug-likeness (QED) is 0.657. The lowest BCUT2D eigenvalue weighted by atomic mass is 9.88. The maximum Gasteiger partial charge on any atom is 0.0642 e. The number of rotatable bonds is 3. The van der Waals surface area contributed by atoms with Crippen molar-refractivity contribution in [2.24, 2.45) is 0 Å². The molecule has 0 saturated carbocycles. The van der Waals surface area contributed by atoms with Gasteiger partial charge in [-0.3, -0.25) is 4.90 Å². The highest BCUT2D eigenvalue weighted by Crippen LogP contribution is 2.40. The molecule has 3 heterocycles. The van der Waals surface area contributed by atoms with Gasteiger partial charge < -0.3 is 9.64 Å². The summed E-state index contributed by atoms with van der Waals surface area (Å²) in [5.41, 5.74) is 4.36. The third-order valence-corrected chi connectivity index (χ3v) is 7.18. The minimum Gasteiger partial charge on any atom is -0.378 e. The van der Waals surface area contributed by atoms with Crippen LogP contribution in [-0.2, 0) is 11.3 Å². The molecule has 0 N–H and O–H groups in total. The average molecular weight is 379 g/mol. The van der Waals surface area contributed by atoms with Crippen LogP contribution in [0, 0.1) is 0 Å². The summed E-state index contributed by atoms with van der Waals surface area (Å²) in [7, 11) is 0. The van der Waals surface area contributed by atoms with Gasteiger partial charge in [0, 0.05) is 47.4 Å². The standard InChI is InChI=1S/C23H26N2OS/c1-2-24-15-18-13-19(25-9-11-26-12-10-25)7-8-20(18)21(16-24)23-14-17-5-3-4-6-22(17)27-23/h3-8,13-14,21H,2,9-12,15-16H2,1H3. The molecule has 0 amide bonds. The minimum atomic E-state index is 0.477. The van der Waals surface area contributed by atoms with Gasteiger partial charge in [0.2, 0.25) is 0 Å². The molecule has 140 valence electrons. The van der Waals surface area contributed by atoms with Crippen LogP contribution >= 0.6 is 11.3 Å². The van der Waals surface area contributed by atoms with E-state index in [1.807, 2.05) is 11.3 Å². The summed E-state index contributed by atoms with van der Waals surface area (Å²) >= 11 is 1.96. The average Bonchev–Trinajstić information content (AvgIpc) is 3.17. The summed E-state index contributed by atoms with van der Waals surface area (Å²) in [4.78, 5) is 6.54. The minimum absolute atomic E-state index is 0.477. The van der Waals surface area contributed by atoms with E-state index in [0.717, 1.165) is 45.9 Å². The Labute approximate surface area is 165 Å². The summed E-state index contributed by atoms with van der Waals surface area (Å²) < 4.78 is 6.92. The molecule has 1 fully saturated rings. The maximum atomic E-state index is 5.52. The highest BCUT2D eigenvalue weighted by Gasteiger charge is 2.28. The molecule has 1 aromatic heterocycles. The fourth-order valence-corrected chi connectivity index (χ4v) is 5.58. The number of hydrogen-bond donors (Lipinski definition) is 0. The lowest BCUT2D eigenvalue weighted by Gasteiger charge is -2.35. The number of anilines is 1. The predicted molar refractivity (Wildman–Crippen MR) is 114 cm³/mol. The van der Waals surface area contributed by atoms with Gasteiger partial charge in [0.1, 0.15) is 0 Å². The van der Waals surface area contributed by atoms with E-state index < -0.39 is 0 Å². The molecular formula is C23H26N2OS. The monoisotopic (exact) mass is 378 g/mol. The second-order valence-corrected chi connectivity index (χ2v) is 8.66. The summed E-state index contributed by atoms with van der Waals surface area (Å²) in [6.45, 7) is 9.22. The van der Waals surface area contributed by atoms with Crippen molar-refractivity contribution in [3.05, 3.63) is 64.5 Å². The number of likely N-dealkylation sites (N-methyl/N-ethyl adjacent to an activating group) is 1. The first-order valence-electron chi connectivity index (χ1n) is 9.98. The summed E-state index contributed by atoms with van der Waals surface area (Å²) in [5.74, 6) is 0.477. The lowest BCUT2D eigenvalue weighted by molar-refractivity contribution is 0.122. The van der Waals surface area contributed by atoms with Crippen LogP contribution in [0.3, 0.4) is 0 Å². The molecule has 4 heteroatoms. The third-order valence-electron chi connectivity index (χ3n) is 5.95. The SMILES string of the molecule is CCN1Cc2cc(N3CCOCC3)ccc2C(c2cc3ccccc3s2)C1. The molecule has 2 aliphatic heterocycles. The predicted octanol–water partition coefficient (Wildman–Crippen LogP) is 4.71. The molecule has 0 aliphatic carbocycles. The van der Waals surface area contributed by atoms with E-state index in [2.05, 4.69) is 65.3 Å². The molecule has 27 heavy (non-hydrogen) atoms. The van der Waals surface area contributed by atoms with E-state index in [1.165, 1.54) is 31.8 Å². The van der Waals surface area contributed by atoms with Gasteiger partial charge in [0.25, 0.3) is 0 Å². The molecule has 1 atom stereocenters. The van der Waals surface area contributed by atoms with Gasteiger partial charge in [-0.15, -0.1) is 11.3 Å². The zero-order valence-electron chi connectivity index (χ0n) is 15.9. The van der Waals surface area contributed by atoms with E-state index in [-0.39, 0.29) is 0 Å². The van der Waals surface area contributed by atoms with Crippen LogP contribution in [0.4, 0.5) is 5.69 Å². The fourth-order valence-electron chi connectivity index (χ4n) is 4.41. The molecule has 2 aromatic carbocycles. The van der Waals surface area contributed by atoms with Crippen molar-refractivity contribution in [3.63, 3.8) is 0 Å². The second kappa shape index (κ2) is 7.27. The van der Waals surface area contributed by atoms with Gasteiger partial charge in [-0.1, -0.05) is 31.2 Å². The molecule has 2 aliphatic rings. The Bertz CT molecular complexity index is 911. The van der Waals surface area contributed by atoms with Crippen molar-refractivity contribution < 1.29 is 4.74 Å². The Hall–Kier alpha value is -1.88. The van der Waals surface area contributed by atoms with E-state index in [4.69, 9.17) is 4.74 Å². The number of nitrogens with zero attached hydrogens (tertiary/aromatic N) is 2. The Kier molecular flexibility index (Phi) is 4.64. The van der Waals surface area contributed by atoms with Gasteiger partial charge >= 0.3 is 0 Å². The van der Waals surface area contributed by atoms with Crippen LogP contribution in [0.25, 0.3) is 10.1 Å². The molecular weight excluding hydrogens is 352 g/mol. The summed E-state index contributed by atoms with van der Waals surface area (Å²) in [6, 6.07) is 18.3. The number of thiophene rings is 1. The lowest BCUT2D eigenvalue weighted by Crippen LogP contribution is -2.37. The van der Waals surface area contributed by atoms with Gasteiger partial charge in [-0.2, -0.15) is 0 Å². The molecule has 0 radical (unpaired) electrons. The van der Waals surface area contributed by atoms with Crippen molar-refractivity contribution in [3.8, 4) is 0 Å². The first-order chi connectivity index (χ1) is 13.3. The zero-order chi connectivity index (χ0) is 18.2. The Morgan fingerprint density at radius 3 is 2.74 bits per heavy atom. The van der Waals surface area contributed by atoms with Crippen LogP contribution in [0.5, 0.6) is 0 Å². The third kappa shape index (κ3) is 3.27. The molecule has 3 aromatic rings. The zero-order valence-corrected chi connectivity index (χ0v) is 16.7. The second-order valence-electron chi connectivity index (χ2n) is 7.55. The Morgan fingerprint density at radius 2 is 1.93 bits per heavy atom. The Morgan fingerprint density at radius 1 is 1.07 bits per heavy atom. The van der Waals surface area contributed by atoms with Crippen molar-refractivity contribution in [2.45, 2.75) is 19.4 Å². The summed E-state index contributed by atoms with van der Waals surface area (Å²) in [6.07, 6.45) is 0. The number of fused-ring (bicyclic) bond motifs is 2. The number of morpholine rings is 1. The van der Waals surface area contributed by atoms with Crippen molar-refractivity contribution in [1.29, 1.82) is 0 Å². The Balaban J connectivity index is 1.53. The van der Waals surface area contributed by atoms with E-state index in [0.29, 0.717) is 5.92 Å². The fraction of sp³-hybridized carbons (Fsp3) is 0.391. The van der Waals surface area contributed by atoms with E-state index >= 15 is 0 Å². The molecule has 5 rings (SSSR count). The van der Waals surface area contributed by atoms with Gasteiger partial charge in [0.05, 0.1) is 13.2 Å². The van der Waals surface area contributed by atoms with Crippen molar-refractivity contribution in [2.75, 3.05) is 44.3 Å². The van der Waals surface area contributed by atoms with Crippen LogP contribution < -0.4 is 4.90 Å². The highest BCUT2D eigenvalue weighted by molar-refractivity contribution is 7.19. The van der Waals surface area contributed by atoms with Crippen LogP contribution in [0.15, 0.2) is 48.5 Å². The first-order valence-corrected chi connectivity index (χ1v) is 10.8. The van der Waals surface area contributed by atoms with Crippen LogP contribution in [0.1, 0.15) is 28.8 Å². The molecule has 0 spiro atoms. The van der Waals surface area contributed by atoms with Gasteiger partial charge in [-0.05, 0) is 47.3 Å². The molecule has 1 saturated heterocycles.